The molecular weight excluding hydrogens is 344 g/mol. The van der Waals surface area contributed by atoms with E-state index in [0.29, 0.717) is 12.4 Å². The third kappa shape index (κ3) is 4.31. The van der Waals surface area contributed by atoms with Gasteiger partial charge in [-0.1, -0.05) is 28.9 Å². The van der Waals surface area contributed by atoms with Crippen molar-refractivity contribution in [3.8, 4) is 11.4 Å². The number of carbonyl (C=O) groups is 1. The fourth-order valence-corrected chi connectivity index (χ4v) is 2.92. The summed E-state index contributed by atoms with van der Waals surface area (Å²) < 4.78 is 5.12. The van der Waals surface area contributed by atoms with Crippen LogP contribution in [0.3, 0.4) is 0 Å². The van der Waals surface area contributed by atoms with Gasteiger partial charge in [-0.15, -0.1) is 0 Å². The van der Waals surface area contributed by atoms with Crippen LogP contribution in [-0.2, 0) is 6.42 Å². The highest BCUT2D eigenvalue weighted by Crippen LogP contribution is 2.15. The molecule has 27 heavy (non-hydrogen) atoms. The first-order valence-electron chi connectivity index (χ1n) is 8.82. The Morgan fingerprint density at radius 2 is 2.07 bits per heavy atom. The molecule has 7 nitrogen and oxygen atoms in total. The Labute approximate surface area is 156 Å². The molecule has 2 N–H and O–H groups in total. The highest BCUT2D eigenvalue weighted by molar-refractivity contribution is 5.93. The number of nitrogens with one attached hydrogen (secondary N) is 2. The molecule has 2 heterocycles. The molecule has 0 radical (unpaired) electrons. The Morgan fingerprint density at radius 3 is 2.74 bits per heavy atom. The zero-order chi connectivity index (χ0) is 19.4. The van der Waals surface area contributed by atoms with Gasteiger partial charge in [0.1, 0.15) is 17.1 Å². The molecule has 0 atom stereocenters. The molecule has 0 aliphatic heterocycles. The molecule has 140 valence electrons. The minimum Gasteiger partial charge on any atom is -0.361 e. The van der Waals surface area contributed by atoms with Gasteiger partial charge in [-0.05, 0) is 39.7 Å². The molecule has 0 saturated carbocycles. The zero-order valence-corrected chi connectivity index (χ0v) is 15.6. The SMILES string of the molecule is Cc1cccc(-c2ncc(C(=O)NCCCc3c(C)noc3C)c(=O)[nH]2)c1. The van der Waals surface area contributed by atoms with Crippen LogP contribution >= 0.6 is 0 Å². The first-order valence-corrected chi connectivity index (χ1v) is 8.82. The van der Waals surface area contributed by atoms with Crippen LogP contribution in [0.2, 0.25) is 0 Å². The average Bonchev–Trinajstić information content (AvgIpc) is 2.96. The fourth-order valence-electron chi connectivity index (χ4n) is 2.92. The van der Waals surface area contributed by atoms with E-state index in [1.807, 2.05) is 45.0 Å². The van der Waals surface area contributed by atoms with Crippen molar-refractivity contribution in [3.63, 3.8) is 0 Å². The van der Waals surface area contributed by atoms with E-state index < -0.39 is 11.5 Å². The molecule has 0 unspecified atom stereocenters. The number of carbonyl (C=O) groups excluding carboxylic acids is 1. The second-order valence-electron chi connectivity index (χ2n) is 6.51. The summed E-state index contributed by atoms with van der Waals surface area (Å²) >= 11 is 0. The molecule has 0 saturated heterocycles. The van der Waals surface area contributed by atoms with E-state index >= 15 is 0 Å². The largest absolute Gasteiger partial charge is 0.361 e. The lowest BCUT2D eigenvalue weighted by Crippen LogP contribution is -2.31. The number of hydrogen-bond acceptors (Lipinski definition) is 5. The highest BCUT2D eigenvalue weighted by Gasteiger charge is 2.13. The number of rotatable bonds is 6. The second-order valence-corrected chi connectivity index (χ2v) is 6.51. The van der Waals surface area contributed by atoms with Crippen LogP contribution < -0.4 is 10.9 Å². The van der Waals surface area contributed by atoms with Crippen LogP contribution in [-0.4, -0.2) is 27.6 Å². The van der Waals surface area contributed by atoms with Gasteiger partial charge in [0.15, 0.2) is 0 Å². The van der Waals surface area contributed by atoms with Crippen molar-refractivity contribution in [2.45, 2.75) is 33.6 Å². The lowest BCUT2D eigenvalue weighted by Gasteiger charge is -2.06. The summed E-state index contributed by atoms with van der Waals surface area (Å²) in [4.78, 5) is 31.4. The first kappa shape index (κ1) is 18.6. The molecule has 0 aliphatic rings. The van der Waals surface area contributed by atoms with Gasteiger partial charge in [-0.3, -0.25) is 9.59 Å². The van der Waals surface area contributed by atoms with E-state index in [-0.39, 0.29) is 5.56 Å². The summed E-state index contributed by atoms with van der Waals surface area (Å²) in [6, 6.07) is 7.64. The van der Waals surface area contributed by atoms with E-state index in [1.165, 1.54) is 6.20 Å². The lowest BCUT2D eigenvalue weighted by atomic mass is 10.1. The van der Waals surface area contributed by atoms with Gasteiger partial charge in [0.05, 0.1) is 5.69 Å². The molecular formula is C20H22N4O3. The fraction of sp³-hybridized carbons (Fsp3) is 0.300. The Bertz CT molecular complexity index is 1000. The van der Waals surface area contributed by atoms with Gasteiger partial charge >= 0.3 is 0 Å². The summed E-state index contributed by atoms with van der Waals surface area (Å²) in [6.07, 6.45) is 2.80. The molecule has 0 bridgehead atoms. The number of amides is 1. The second kappa shape index (κ2) is 7.99. The van der Waals surface area contributed by atoms with Crippen molar-refractivity contribution in [1.82, 2.24) is 20.4 Å². The van der Waals surface area contributed by atoms with Crippen LogP contribution in [0, 0.1) is 20.8 Å². The summed E-state index contributed by atoms with van der Waals surface area (Å²) in [5.41, 5.74) is 3.35. The Balaban J connectivity index is 1.61. The van der Waals surface area contributed by atoms with E-state index in [9.17, 15) is 9.59 Å². The smallest absolute Gasteiger partial charge is 0.264 e. The van der Waals surface area contributed by atoms with Gasteiger partial charge < -0.3 is 14.8 Å². The summed E-state index contributed by atoms with van der Waals surface area (Å²) in [7, 11) is 0. The van der Waals surface area contributed by atoms with Crippen molar-refractivity contribution >= 4 is 5.91 Å². The molecule has 7 heteroatoms. The van der Waals surface area contributed by atoms with Crippen LogP contribution in [0.15, 0.2) is 39.8 Å². The number of hydrogen-bond donors (Lipinski definition) is 2. The summed E-state index contributed by atoms with van der Waals surface area (Å²) in [6.45, 7) is 6.17. The maximum absolute atomic E-state index is 12.3. The third-order valence-electron chi connectivity index (χ3n) is 4.41. The highest BCUT2D eigenvalue weighted by atomic mass is 16.5. The Kier molecular flexibility index (Phi) is 5.49. The maximum Gasteiger partial charge on any atom is 0.264 e. The molecule has 3 rings (SSSR count). The van der Waals surface area contributed by atoms with Crippen molar-refractivity contribution in [2.24, 2.45) is 0 Å². The number of aromatic amines is 1. The monoisotopic (exact) mass is 366 g/mol. The topological polar surface area (TPSA) is 101 Å². The molecule has 1 aromatic carbocycles. The predicted octanol–water partition coefficient (Wildman–Crippen LogP) is 2.71. The van der Waals surface area contributed by atoms with Crippen LogP contribution in [0.1, 0.15) is 39.4 Å². The quantitative estimate of drug-likeness (QED) is 0.653. The van der Waals surface area contributed by atoms with Crippen molar-refractivity contribution in [3.05, 3.63) is 69.0 Å². The number of nitrogens with zero attached hydrogens (tertiary/aromatic N) is 2. The lowest BCUT2D eigenvalue weighted by molar-refractivity contribution is 0.0951. The predicted molar refractivity (Wildman–Crippen MR) is 102 cm³/mol. The number of H-pyrrole nitrogens is 1. The van der Waals surface area contributed by atoms with Crippen LogP contribution in [0.4, 0.5) is 0 Å². The summed E-state index contributed by atoms with van der Waals surface area (Å²) in [5.74, 6) is 0.808. The van der Waals surface area contributed by atoms with Crippen molar-refractivity contribution in [2.75, 3.05) is 6.54 Å². The van der Waals surface area contributed by atoms with Gasteiger partial charge in [-0.2, -0.15) is 0 Å². The van der Waals surface area contributed by atoms with Gasteiger partial charge in [-0.25, -0.2) is 4.98 Å². The van der Waals surface area contributed by atoms with Crippen molar-refractivity contribution < 1.29 is 9.32 Å². The molecule has 0 aliphatic carbocycles. The van der Waals surface area contributed by atoms with E-state index in [2.05, 4.69) is 20.4 Å². The number of benzene rings is 1. The van der Waals surface area contributed by atoms with Crippen molar-refractivity contribution in [1.29, 1.82) is 0 Å². The van der Waals surface area contributed by atoms with Gasteiger partial charge in [0, 0.05) is 23.9 Å². The van der Waals surface area contributed by atoms with E-state index in [0.717, 1.165) is 41.0 Å². The molecule has 1 amide bonds. The first-order chi connectivity index (χ1) is 13.0. The summed E-state index contributed by atoms with van der Waals surface area (Å²) in [5, 5.41) is 6.67. The molecule has 2 aromatic heterocycles. The standard InChI is InChI=1S/C20H22N4O3/c1-12-6-4-7-15(10-12)18-22-11-17(20(26)23-18)19(25)21-9-5-8-16-13(2)24-27-14(16)3/h4,6-7,10-11H,5,8-9H2,1-3H3,(H,21,25)(H,22,23,26). The minimum absolute atomic E-state index is 0.00346. The Morgan fingerprint density at radius 1 is 1.26 bits per heavy atom. The van der Waals surface area contributed by atoms with Crippen LogP contribution in [0.25, 0.3) is 11.4 Å². The Hall–Kier alpha value is -3.22. The van der Waals surface area contributed by atoms with Gasteiger partial charge in [0.2, 0.25) is 0 Å². The number of aromatic nitrogens is 3. The van der Waals surface area contributed by atoms with E-state index in [4.69, 9.17) is 4.52 Å². The molecule has 0 spiro atoms. The van der Waals surface area contributed by atoms with E-state index in [1.54, 1.807) is 0 Å². The minimum atomic E-state index is -0.454. The molecule has 3 aromatic rings. The normalized spacial score (nSPS) is 10.8. The number of aryl methyl sites for hydroxylation is 3. The average molecular weight is 366 g/mol. The third-order valence-corrected chi connectivity index (χ3v) is 4.41. The zero-order valence-electron chi connectivity index (χ0n) is 15.6. The molecule has 0 fully saturated rings. The van der Waals surface area contributed by atoms with Gasteiger partial charge in [0.25, 0.3) is 11.5 Å². The maximum atomic E-state index is 12.3. The van der Waals surface area contributed by atoms with Crippen LogP contribution in [0.5, 0.6) is 0 Å².